The molecule has 0 aromatic heterocycles. The minimum Gasteiger partial charge on any atom is -0.325 e. The number of carbonyl (C=O) groups is 1. The Hall–Kier alpha value is -1.87. The van der Waals surface area contributed by atoms with Crippen LogP contribution < -0.4 is 5.32 Å². The molecule has 7 heteroatoms. The van der Waals surface area contributed by atoms with E-state index in [1.165, 1.54) is 17.3 Å². The van der Waals surface area contributed by atoms with E-state index in [2.05, 4.69) is 39.1 Å². The van der Waals surface area contributed by atoms with Gasteiger partial charge >= 0.3 is 0 Å². The summed E-state index contributed by atoms with van der Waals surface area (Å²) in [6.45, 7) is 0. The second-order valence-corrected chi connectivity index (χ2v) is 7.88. The summed E-state index contributed by atoms with van der Waals surface area (Å²) in [4.78, 5) is 16.9. The van der Waals surface area contributed by atoms with Gasteiger partial charge in [0.25, 0.3) is 0 Å². The largest absolute Gasteiger partial charge is 0.325 e. The summed E-state index contributed by atoms with van der Waals surface area (Å²) in [6, 6.07) is 16.1. The lowest BCUT2D eigenvalue weighted by Gasteiger charge is -2.29. The van der Waals surface area contributed by atoms with Crippen molar-refractivity contribution in [2.75, 3.05) is 11.1 Å². The van der Waals surface area contributed by atoms with Gasteiger partial charge in [0.2, 0.25) is 5.91 Å². The molecule has 0 spiro atoms. The number of hydrogen-bond donors (Lipinski definition) is 1. The topological polar surface area (TPSA) is 57.1 Å². The minimum atomic E-state index is -0.0479. The van der Waals surface area contributed by atoms with Crippen LogP contribution in [-0.4, -0.2) is 28.1 Å². The van der Waals surface area contributed by atoms with Crippen LogP contribution >= 0.6 is 34.4 Å². The predicted octanol–water partition coefficient (Wildman–Crippen LogP) is 4.40. The van der Waals surface area contributed by atoms with E-state index in [1.807, 2.05) is 53.7 Å². The SMILES string of the molecule is O=C(CSC1=Nc2ccccc2[C@@H]2CC=NN12)Nc1cccc(I)c1. The number of hydrogen-bond acceptors (Lipinski definition) is 5. The van der Waals surface area contributed by atoms with Crippen LogP contribution in [-0.2, 0) is 4.79 Å². The molecule has 4 rings (SSSR count). The maximum Gasteiger partial charge on any atom is 0.234 e. The average Bonchev–Trinajstić information content (AvgIpc) is 3.10. The van der Waals surface area contributed by atoms with E-state index >= 15 is 0 Å². The Labute approximate surface area is 163 Å². The lowest BCUT2D eigenvalue weighted by atomic mass is 10.0. The highest BCUT2D eigenvalue weighted by atomic mass is 127. The third-order valence-corrected chi connectivity index (χ3v) is 5.59. The summed E-state index contributed by atoms with van der Waals surface area (Å²) in [6.07, 6.45) is 2.78. The number of anilines is 1. The minimum absolute atomic E-state index is 0.0479. The number of nitrogens with zero attached hydrogens (tertiary/aromatic N) is 3. The Balaban J connectivity index is 1.46. The molecule has 25 heavy (non-hydrogen) atoms. The second kappa shape index (κ2) is 7.17. The fourth-order valence-corrected chi connectivity index (χ4v) is 4.22. The van der Waals surface area contributed by atoms with E-state index in [0.29, 0.717) is 5.75 Å². The molecule has 0 saturated carbocycles. The first kappa shape index (κ1) is 16.6. The first-order valence-corrected chi connectivity index (χ1v) is 9.94. The fraction of sp³-hybridized carbons (Fsp3) is 0.167. The molecule has 0 fully saturated rings. The number of fused-ring (bicyclic) bond motifs is 3. The van der Waals surface area contributed by atoms with Crippen LogP contribution in [0.2, 0.25) is 0 Å². The molecule has 5 nitrogen and oxygen atoms in total. The maximum absolute atomic E-state index is 12.3. The first-order valence-electron chi connectivity index (χ1n) is 7.88. The third-order valence-electron chi connectivity index (χ3n) is 3.98. The van der Waals surface area contributed by atoms with Crippen LogP contribution in [0.3, 0.4) is 0 Å². The third kappa shape index (κ3) is 3.57. The number of thioether (sulfide) groups is 1. The van der Waals surface area contributed by atoms with Gasteiger partial charge in [-0.1, -0.05) is 36.0 Å². The molecule has 2 aromatic rings. The average molecular weight is 462 g/mol. The molecule has 0 saturated heterocycles. The van der Waals surface area contributed by atoms with E-state index in [1.54, 1.807) is 0 Å². The van der Waals surface area contributed by atoms with Gasteiger partial charge in [0.05, 0.1) is 17.5 Å². The van der Waals surface area contributed by atoms with Crippen molar-refractivity contribution >= 4 is 63.0 Å². The van der Waals surface area contributed by atoms with E-state index in [0.717, 1.165) is 26.5 Å². The Morgan fingerprint density at radius 3 is 3.04 bits per heavy atom. The van der Waals surface area contributed by atoms with Gasteiger partial charge in [-0.2, -0.15) is 5.10 Å². The van der Waals surface area contributed by atoms with Gasteiger partial charge in [0.15, 0.2) is 5.17 Å². The molecule has 2 aliphatic heterocycles. The summed E-state index contributed by atoms with van der Waals surface area (Å²) >= 11 is 3.64. The maximum atomic E-state index is 12.3. The summed E-state index contributed by atoms with van der Waals surface area (Å²) in [5.41, 5.74) is 2.97. The molecule has 2 aromatic carbocycles. The molecule has 1 N–H and O–H groups in total. The first-order chi connectivity index (χ1) is 12.2. The molecular formula is C18H15IN4OS. The highest BCUT2D eigenvalue weighted by molar-refractivity contribution is 14.1. The van der Waals surface area contributed by atoms with Crippen molar-refractivity contribution < 1.29 is 4.79 Å². The zero-order valence-corrected chi connectivity index (χ0v) is 16.2. The number of benzene rings is 2. The van der Waals surface area contributed by atoms with E-state index in [-0.39, 0.29) is 11.9 Å². The van der Waals surface area contributed by atoms with Crippen molar-refractivity contribution in [1.29, 1.82) is 0 Å². The number of amidine groups is 1. The molecular weight excluding hydrogens is 447 g/mol. The molecule has 1 amide bonds. The number of aliphatic imine (C=N–C) groups is 1. The van der Waals surface area contributed by atoms with Crippen molar-refractivity contribution in [3.8, 4) is 0 Å². The number of halogens is 1. The summed E-state index contributed by atoms with van der Waals surface area (Å²) in [7, 11) is 0. The Bertz CT molecular complexity index is 883. The zero-order chi connectivity index (χ0) is 17.2. The molecule has 2 heterocycles. The van der Waals surface area contributed by atoms with E-state index in [9.17, 15) is 4.79 Å². The normalized spacial score (nSPS) is 17.7. The smallest absolute Gasteiger partial charge is 0.234 e. The van der Waals surface area contributed by atoms with E-state index in [4.69, 9.17) is 4.99 Å². The van der Waals surface area contributed by atoms with Gasteiger partial charge in [0.1, 0.15) is 0 Å². The number of para-hydroxylation sites is 1. The number of amides is 1. The Morgan fingerprint density at radius 1 is 1.28 bits per heavy atom. The molecule has 0 radical (unpaired) electrons. The number of rotatable bonds is 3. The van der Waals surface area contributed by atoms with Crippen LogP contribution in [0.4, 0.5) is 11.4 Å². The van der Waals surface area contributed by atoms with Crippen molar-refractivity contribution in [1.82, 2.24) is 5.01 Å². The van der Waals surface area contributed by atoms with Crippen molar-refractivity contribution in [3.63, 3.8) is 0 Å². The number of nitrogens with one attached hydrogen (secondary N) is 1. The second-order valence-electron chi connectivity index (χ2n) is 5.69. The van der Waals surface area contributed by atoms with Crippen molar-refractivity contribution in [2.24, 2.45) is 10.1 Å². The molecule has 126 valence electrons. The lowest BCUT2D eigenvalue weighted by molar-refractivity contribution is -0.113. The van der Waals surface area contributed by atoms with Gasteiger partial charge in [-0.15, -0.1) is 0 Å². The standard InChI is InChI=1S/C18H15IN4OS/c19-12-4-3-5-13(10-12)21-17(24)11-25-18-22-15-7-2-1-6-14(15)16-8-9-20-23(16)18/h1-7,9-10,16H,8,11H2,(H,21,24)/t16-/m0/s1. The zero-order valence-electron chi connectivity index (χ0n) is 13.2. The molecule has 1 atom stereocenters. The predicted molar refractivity (Wildman–Crippen MR) is 111 cm³/mol. The molecule has 0 bridgehead atoms. The highest BCUT2D eigenvalue weighted by Gasteiger charge is 2.32. The summed E-state index contributed by atoms with van der Waals surface area (Å²) in [5, 5.41) is 10.1. The van der Waals surface area contributed by atoms with Crippen molar-refractivity contribution in [2.45, 2.75) is 12.5 Å². The van der Waals surface area contributed by atoms with Crippen molar-refractivity contribution in [3.05, 3.63) is 57.7 Å². The van der Waals surface area contributed by atoms with Gasteiger partial charge < -0.3 is 5.32 Å². The fourth-order valence-electron chi connectivity index (χ4n) is 2.87. The van der Waals surface area contributed by atoms with E-state index < -0.39 is 0 Å². The van der Waals surface area contributed by atoms with Crippen LogP contribution in [0, 0.1) is 3.57 Å². The summed E-state index contributed by atoms with van der Waals surface area (Å²) < 4.78 is 1.09. The monoisotopic (exact) mass is 462 g/mol. The van der Waals surface area contributed by atoms with Gasteiger partial charge in [-0.05, 0) is 46.9 Å². The molecule has 0 unspecified atom stereocenters. The quantitative estimate of drug-likeness (QED) is 0.689. The Morgan fingerprint density at radius 2 is 2.16 bits per heavy atom. The molecule has 2 aliphatic rings. The number of hydrazone groups is 1. The number of carbonyl (C=O) groups excluding carboxylic acids is 1. The van der Waals surface area contributed by atoms with Crippen LogP contribution in [0.1, 0.15) is 18.0 Å². The van der Waals surface area contributed by atoms with Gasteiger partial charge in [-0.3, -0.25) is 4.79 Å². The van der Waals surface area contributed by atoms with Gasteiger partial charge in [0, 0.05) is 27.5 Å². The lowest BCUT2D eigenvalue weighted by Crippen LogP contribution is -2.29. The molecule has 0 aliphatic carbocycles. The Kier molecular flexibility index (Phi) is 4.76. The highest BCUT2D eigenvalue weighted by Crippen LogP contribution is 2.40. The van der Waals surface area contributed by atoms with Crippen LogP contribution in [0.5, 0.6) is 0 Å². The van der Waals surface area contributed by atoms with Crippen LogP contribution in [0.15, 0.2) is 58.6 Å². The van der Waals surface area contributed by atoms with Gasteiger partial charge in [-0.25, -0.2) is 10.0 Å². The van der Waals surface area contributed by atoms with Crippen LogP contribution in [0.25, 0.3) is 0 Å². The summed E-state index contributed by atoms with van der Waals surface area (Å²) in [5.74, 6) is 0.249.